The van der Waals surface area contributed by atoms with Gasteiger partial charge in [0.2, 0.25) is 0 Å². The fourth-order valence-corrected chi connectivity index (χ4v) is 2.47. The minimum atomic E-state index is -0.303. The molecule has 0 saturated heterocycles. The van der Waals surface area contributed by atoms with Gasteiger partial charge >= 0.3 is 0 Å². The summed E-state index contributed by atoms with van der Waals surface area (Å²) >= 11 is 0. The van der Waals surface area contributed by atoms with E-state index in [2.05, 4.69) is 10.4 Å². The number of rotatable bonds is 6. The van der Waals surface area contributed by atoms with E-state index < -0.39 is 0 Å². The Morgan fingerprint density at radius 1 is 1.52 bits per heavy atom. The Bertz CT molecular complexity index is 543. The summed E-state index contributed by atoms with van der Waals surface area (Å²) in [6, 6.07) is 2.75. The first kappa shape index (κ1) is 15.7. The van der Waals surface area contributed by atoms with Crippen LogP contribution in [-0.2, 0) is 11.3 Å². The van der Waals surface area contributed by atoms with E-state index in [9.17, 15) is 14.7 Å². The van der Waals surface area contributed by atoms with Gasteiger partial charge in [-0.1, -0.05) is 0 Å². The second-order valence-corrected chi connectivity index (χ2v) is 5.32. The number of nitrogens with one attached hydrogen (secondary N) is 1. The van der Waals surface area contributed by atoms with Crippen molar-refractivity contribution in [2.45, 2.75) is 31.9 Å². The summed E-state index contributed by atoms with van der Waals surface area (Å²) in [5.74, 6) is 0.00547. The predicted octanol–water partition coefficient (Wildman–Crippen LogP) is -0.219. The van der Waals surface area contributed by atoms with Crippen LogP contribution in [0.2, 0.25) is 0 Å². The Morgan fingerprint density at radius 2 is 2.33 bits per heavy atom. The molecule has 116 valence electrons. The van der Waals surface area contributed by atoms with Crippen LogP contribution in [0, 0.1) is 5.92 Å². The van der Waals surface area contributed by atoms with Gasteiger partial charge in [-0.3, -0.25) is 9.59 Å². The van der Waals surface area contributed by atoms with E-state index in [1.54, 1.807) is 0 Å². The maximum Gasteiger partial charge on any atom is 0.271 e. The molecule has 0 aromatic carbocycles. The summed E-state index contributed by atoms with van der Waals surface area (Å²) in [5, 5.41) is 16.3. The monoisotopic (exact) mass is 295 g/mol. The standard InChI is InChI=1S/C14H21N3O4/c1-21-7-6-17-13(19)5-4-12(16-17)14(20)15-9-10-2-3-11(18)8-10/h4-5,10-11,18H,2-3,6-9H2,1H3,(H,15,20). The van der Waals surface area contributed by atoms with Crippen molar-refractivity contribution in [2.24, 2.45) is 5.92 Å². The number of aromatic nitrogens is 2. The highest BCUT2D eigenvalue weighted by Crippen LogP contribution is 2.24. The molecule has 1 fully saturated rings. The minimum Gasteiger partial charge on any atom is -0.393 e. The smallest absolute Gasteiger partial charge is 0.271 e. The molecule has 0 bridgehead atoms. The molecule has 0 aliphatic heterocycles. The van der Waals surface area contributed by atoms with Gasteiger partial charge in [-0.15, -0.1) is 0 Å². The van der Waals surface area contributed by atoms with Gasteiger partial charge in [-0.2, -0.15) is 5.10 Å². The second kappa shape index (κ2) is 7.33. The fraction of sp³-hybridized carbons (Fsp3) is 0.643. The van der Waals surface area contributed by atoms with E-state index in [1.165, 1.54) is 23.9 Å². The molecule has 0 radical (unpaired) electrons. The van der Waals surface area contributed by atoms with E-state index in [0.717, 1.165) is 19.3 Å². The summed E-state index contributed by atoms with van der Waals surface area (Å²) in [6.07, 6.45) is 2.19. The summed E-state index contributed by atoms with van der Waals surface area (Å²) in [6.45, 7) is 1.19. The van der Waals surface area contributed by atoms with Crippen LogP contribution in [0.15, 0.2) is 16.9 Å². The molecule has 1 amide bonds. The molecule has 7 heteroatoms. The summed E-state index contributed by atoms with van der Waals surface area (Å²) in [4.78, 5) is 23.6. The maximum atomic E-state index is 12.0. The van der Waals surface area contributed by atoms with E-state index in [0.29, 0.717) is 25.6 Å². The Balaban J connectivity index is 1.94. The molecule has 1 aromatic heterocycles. The highest BCUT2D eigenvalue weighted by Gasteiger charge is 2.23. The normalized spacial score (nSPS) is 21.4. The molecule has 1 aliphatic carbocycles. The highest BCUT2D eigenvalue weighted by atomic mass is 16.5. The quantitative estimate of drug-likeness (QED) is 0.757. The van der Waals surface area contributed by atoms with Crippen molar-refractivity contribution in [3.8, 4) is 0 Å². The lowest BCUT2D eigenvalue weighted by Crippen LogP contribution is -2.32. The van der Waals surface area contributed by atoms with Crippen molar-refractivity contribution in [3.05, 3.63) is 28.2 Å². The molecule has 2 unspecified atom stereocenters. The minimum absolute atomic E-state index is 0.212. The lowest BCUT2D eigenvalue weighted by molar-refractivity contribution is 0.0936. The van der Waals surface area contributed by atoms with Gasteiger partial charge in [0.05, 0.1) is 19.3 Å². The van der Waals surface area contributed by atoms with Crippen LogP contribution in [0.4, 0.5) is 0 Å². The van der Waals surface area contributed by atoms with Crippen LogP contribution < -0.4 is 10.9 Å². The van der Waals surface area contributed by atoms with Crippen LogP contribution in [0.1, 0.15) is 29.8 Å². The van der Waals surface area contributed by atoms with Crippen molar-refractivity contribution < 1.29 is 14.6 Å². The van der Waals surface area contributed by atoms with Crippen LogP contribution in [0.5, 0.6) is 0 Å². The zero-order valence-electron chi connectivity index (χ0n) is 12.1. The van der Waals surface area contributed by atoms with Gasteiger partial charge in [0.1, 0.15) is 5.69 Å². The zero-order chi connectivity index (χ0) is 15.2. The van der Waals surface area contributed by atoms with Crippen molar-refractivity contribution in [3.63, 3.8) is 0 Å². The van der Waals surface area contributed by atoms with Crippen LogP contribution >= 0.6 is 0 Å². The first-order chi connectivity index (χ1) is 10.1. The number of carbonyl (C=O) groups excluding carboxylic acids is 1. The Hall–Kier alpha value is -1.73. The van der Waals surface area contributed by atoms with Crippen molar-refractivity contribution in [2.75, 3.05) is 20.3 Å². The number of methoxy groups -OCH3 is 1. The first-order valence-corrected chi connectivity index (χ1v) is 7.13. The SMILES string of the molecule is COCCn1nc(C(=O)NCC2CCC(O)C2)ccc1=O. The van der Waals surface area contributed by atoms with Crippen molar-refractivity contribution in [1.29, 1.82) is 0 Å². The summed E-state index contributed by atoms with van der Waals surface area (Å²) < 4.78 is 6.12. The lowest BCUT2D eigenvalue weighted by Gasteiger charge is -2.11. The number of carbonyl (C=O) groups is 1. The molecule has 0 spiro atoms. The Morgan fingerprint density at radius 3 is 3.00 bits per heavy atom. The highest BCUT2D eigenvalue weighted by molar-refractivity contribution is 5.91. The topological polar surface area (TPSA) is 93.5 Å². The first-order valence-electron chi connectivity index (χ1n) is 7.13. The molecule has 1 aliphatic rings. The van der Waals surface area contributed by atoms with Gasteiger partial charge in [0.15, 0.2) is 0 Å². The largest absolute Gasteiger partial charge is 0.393 e. The van der Waals surface area contributed by atoms with E-state index >= 15 is 0 Å². The number of hydrogen-bond donors (Lipinski definition) is 2. The Labute approximate surface area is 122 Å². The number of hydrogen-bond acceptors (Lipinski definition) is 5. The van der Waals surface area contributed by atoms with E-state index in [-0.39, 0.29) is 23.3 Å². The fourth-order valence-electron chi connectivity index (χ4n) is 2.47. The van der Waals surface area contributed by atoms with Gasteiger partial charge in [-0.05, 0) is 31.2 Å². The van der Waals surface area contributed by atoms with E-state index in [4.69, 9.17) is 4.74 Å². The maximum absolute atomic E-state index is 12.0. The van der Waals surface area contributed by atoms with E-state index in [1.807, 2.05) is 0 Å². The third kappa shape index (κ3) is 4.37. The molecule has 2 rings (SSSR count). The molecule has 1 saturated carbocycles. The predicted molar refractivity (Wildman–Crippen MR) is 76.1 cm³/mol. The van der Waals surface area contributed by atoms with Gasteiger partial charge in [0.25, 0.3) is 11.5 Å². The van der Waals surface area contributed by atoms with Crippen LogP contribution in [0.25, 0.3) is 0 Å². The van der Waals surface area contributed by atoms with Gasteiger partial charge < -0.3 is 15.2 Å². The molecule has 7 nitrogen and oxygen atoms in total. The zero-order valence-corrected chi connectivity index (χ0v) is 12.1. The molecule has 1 aromatic rings. The van der Waals surface area contributed by atoms with Gasteiger partial charge in [-0.25, -0.2) is 4.68 Å². The number of amides is 1. The third-order valence-corrected chi connectivity index (χ3v) is 3.67. The summed E-state index contributed by atoms with van der Waals surface area (Å²) in [5.41, 5.74) is -0.0493. The molecule has 21 heavy (non-hydrogen) atoms. The second-order valence-electron chi connectivity index (χ2n) is 5.32. The number of ether oxygens (including phenoxy) is 1. The molecule has 2 N–H and O–H groups in total. The number of nitrogens with zero attached hydrogens (tertiary/aromatic N) is 2. The molecule has 1 heterocycles. The summed E-state index contributed by atoms with van der Waals surface area (Å²) in [7, 11) is 1.54. The molecule has 2 atom stereocenters. The van der Waals surface area contributed by atoms with Crippen molar-refractivity contribution >= 4 is 5.91 Å². The van der Waals surface area contributed by atoms with Crippen molar-refractivity contribution in [1.82, 2.24) is 15.1 Å². The Kier molecular flexibility index (Phi) is 5.46. The van der Waals surface area contributed by atoms with Crippen LogP contribution in [-0.4, -0.2) is 47.2 Å². The average Bonchev–Trinajstić information content (AvgIpc) is 2.89. The number of aliphatic hydroxyl groups excluding tert-OH is 1. The third-order valence-electron chi connectivity index (χ3n) is 3.67. The lowest BCUT2D eigenvalue weighted by atomic mass is 10.1. The van der Waals surface area contributed by atoms with Gasteiger partial charge in [0, 0.05) is 19.7 Å². The average molecular weight is 295 g/mol. The molecular formula is C14H21N3O4. The molecular weight excluding hydrogens is 274 g/mol. The van der Waals surface area contributed by atoms with Crippen LogP contribution in [0.3, 0.4) is 0 Å². The number of aliphatic hydroxyl groups is 1.